The van der Waals surface area contributed by atoms with Crippen LogP contribution in [0.25, 0.3) is 5.78 Å². The molecule has 1 atom stereocenters. The Morgan fingerprint density at radius 2 is 2.03 bits per heavy atom. The highest BCUT2D eigenvalue weighted by Gasteiger charge is 2.25. The van der Waals surface area contributed by atoms with E-state index in [9.17, 15) is 4.79 Å². The van der Waals surface area contributed by atoms with Gasteiger partial charge < -0.3 is 14.5 Å². The number of ether oxygens (including phenoxy) is 1. The van der Waals surface area contributed by atoms with Crippen molar-refractivity contribution in [2.75, 3.05) is 32.8 Å². The fraction of sp³-hybridized carbons (Fsp3) is 0.524. The van der Waals surface area contributed by atoms with Crippen LogP contribution < -0.4 is 5.32 Å². The highest BCUT2D eigenvalue weighted by Crippen LogP contribution is 2.23. The molecule has 160 valence electrons. The van der Waals surface area contributed by atoms with E-state index in [0.29, 0.717) is 38.4 Å². The Morgan fingerprint density at radius 1 is 1.23 bits per heavy atom. The van der Waals surface area contributed by atoms with E-state index in [2.05, 4.69) is 25.3 Å². The third kappa shape index (κ3) is 4.36. The van der Waals surface area contributed by atoms with E-state index in [1.54, 1.807) is 4.52 Å². The molecule has 1 saturated heterocycles. The van der Waals surface area contributed by atoms with E-state index in [1.807, 2.05) is 32.9 Å². The summed E-state index contributed by atoms with van der Waals surface area (Å²) in [6.07, 6.45) is 2.48. The molecule has 1 aliphatic heterocycles. The minimum Gasteiger partial charge on any atom is -0.465 e. The Kier molecular flexibility index (Phi) is 6.10. The van der Waals surface area contributed by atoms with Crippen LogP contribution >= 0.6 is 0 Å². The van der Waals surface area contributed by atoms with Gasteiger partial charge in [0.2, 0.25) is 5.91 Å². The average molecular weight is 412 g/mol. The topological polar surface area (TPSA) is 97.8 Å². The predicted octanol–water partition coefficient (Wildman–Crippen LogP) is 1.76. The standard InChI is InChI=1S/C21H28N6O3/c1-14-4-6-19(30-14)18(26-8-10-29-11-9-26)12-22-20(28)7-5-17-15(2)25-21-23-13-24-27(21)16(17)3/h4,6,13,18H,5,7-12H2,1-3H3,(H,22,28). The van der Waals surface area contributed by atoms with Gasteiger partial charge in [0.25, 0.3) is 5.78 Å². The number of hydrogen-bond acceptors (Lipinski definition) is 7. The van der Waals surface area contributed by atoms with Gasteiger partial charge in [0, 0.05) is 37.4 Å². The molecule has 0 bridgehead atoms. The van der Waals surface area contributed by atoms with Crippen molar-refractivity contribution in [3.05, 3.63) is 46.9 Å². The zero-order valence-electron chi connectivity index (χ0n) is 17.7. The van der Waals surface area contributed by atoms with Crippen LogP contribution in [-0.2, 0) is 16.0 Å². The number of hydrogen-bond donors (Lipinski definition) is 1. The Morgan fingerprint density at radius 3 is 2.77 bits per heavy atom. The first-order valence-electron chi connectivity index (χ1n) is 10.3. The van der Waals surface area contributed by atoms with Crippen LogP contribution in [-0.4, -0.2) is 63.2 Å². The van der Waals surface area contributed by atoms with Crippen LogP contribution in [0.4, 0.5) is 0 Å². The van der Waals surface area contributed by atoms with Crippen molar-refractivity contribution in [1.82, 2.24) is 29.8 Å². The minimum atomic E-state index is 0.00295. The summed E-state index contributed by atoms with van der Waals surface area (Å²) >= 11 is 0. The average Bonchev–Trinajstić information content (AvgIpc) is 3.38. The van der Waals surface area contributed by atoms with Gasteiger partial charge in [-0.25, -0.2) is 9.50 Å². The van der Waals surface area contributed by atoms with Crippen LogP contribution in [0.1, 0.15) is 40.9 Å². The van der Waals surface area contributed by atoms with E-state index in [4.69, 9.17) is 9.15 Å². The lowest BCUT2D eigenvalue weighted by Crippen LogP contribution is -2.43. The van der Waals surface area contributed by atoms with Crippen molar-refractivity contribution < 1.29 is 13.9 Å². The number of aromatic nitrogens is 4. The number of carbonyl (C=O) groups excluding carboxylic acids is 1. The lowest BCUT2D eigenvalue weighted by atomic mass is 10.1. The van der Waals surface area contributed by atoms with E-state index in [1.165, 1.54) is 6.33 Å². The van der Waals surface area contributed by atoms with Crippen molar-refractivity contribution in [1.29, 1.82) is 0 Å². The van der Waals surface area contributed by atoms with Crippen molar-refractivity contribution >= 4 is 11.7 Å². The first-order valence-corrected chi connectivity index (χ1v) is 10.3. The highest BCUT2D eigenvalue weighted by atomic mass is 16.5. The Bertz CT molecular complexity index is 1020. The van der Waals surface area contributed by atoms with Crippen molar-refractivity contribution in [3.8, 4) is 0 Å². The molecule has 3 aromatic heterocycles. The molecule has 0 aromatic carbocycles. The van der Waals surface area contributed by atoms with Crippen LogP contribution in [0.5, 0.6) is 0 Å². The molecule has 3 aromatic rings. The molecule has 1 fully saturated rings. The molecular weight excluding hydrogens is 384 g/mol. The predicted molar refractivity (Wildman–Crippen MR) is 110 cm³/mol. The lowest BCUT2D eigenvalue weighted by Gasteiger charge is -2.33. The smallest absolute Gasteiger partial charge is 0.252 e. The first-order chi connectivity index (χ1) is 14.5. The molecule has 4 heterocycles. The van der Waals surface area contributed by atoms with Crippen LogP contribution in [0.15, 0.2) is 22.9 Å². The van der Waals surface area contributed by atoms with Gasteiger partial charge >= 0.3 is 0 Å². The Labute approximate surface area is 175 Å². The third-order valence-electron chi connectivity index (χ3n) is 5.66. The number of nitrogens with one attached hydrogen (secondary N) is 1. The number of nitrogens with zero attached hydrogens (tertiary/aromatic N) is 5. The fourth-order valence-electron chi connectivity index (χ4n) is 3.99. The number of amides is 1. The quantitative estimate of drug-likeness (QED) is 0.631. The Hall–Kier alpha value is -2.78. The zero-order chi connectivity index (χ0) is 21.1. The largest absolute Gasteiger partial charge is 0.465 e. The zero-order valence-corrected chi connectivity index (χ0v) is 17.7. The van der Waals surface area contributed by atoms with Crippen molar-refractivity contribution in [2.45, 2.75) is 39.7 Å². The third-order valence-corrected chi connectivity index (χ3v) is 5.66. The molecule has 1 unspecified atom stereocenters. The molecule has 9 nitrogen and oxygen atoms in total. The van der Waals surface area contributed by atoms with Gasteiger partial charge in [-0.05, 0) is 44.9 Å². The summed E-state index contributed by atoms with van der Waals surface area (Å²) in [5.41, 5.74) is 2.90. The molecule has 0 saturated carbocycles. The maximum atomic E-state index is 12.6. The molecule has 0 aliphatic carbocycles. The number of aryl methyl sites for hydroxylation is 3. The second-order valence-corrected chi connectivity index (χ2v) is 7.65. The minimum absolute atomic E-state index is 0.00295. The summed E-state index contributed by atoms with van der Waals surface area (Å²) in [6.45, 7) is 9.40. The first kappa shape index (κ1) is 20.5. The molecule has 4 rings (SSSR count). The van der Waals surface area contributed by atoms with Gasteiger partial charge in [-0.15, -0.1) is 0 Å². The molecule has 0 spiro atoms. The van der Waals surface area contributed by atoms with Crippen LogP contribution in [0.3, 0.4) is 0 Å². The Balaban J connectivity index is 1.39. The van der Waals surface area contributed by atoms with E-state index < -0.39 is 0 Å². The van der Waals surface area contributed by atoms with Crippen molar-refractivity contribution in [3.63, 3.8) is 0 Å². The summed E-state index contributed by atoms with van der Waals surface area (Å²) in [7, 11) is 0. The summed E-state index contributed by atoms with van der Waals surface area (Å²) in [5, 5.41) is 7.30. The second-order valence-electron chi connectivity index (χ2n) is 7.65. The number of furan rings is 1. The molecule has 9 heteroatoms. The molecule has 1 aliphatic rings. The lowest BCUT2D eigenvalue weighted by molar-refractivity contribution is -0.121. The number of morpholine rings is 1. The maximum Gasteiger partial charge on any atom is 0.252 e. The van der Waals surface area contributed by atoms with Gasteiger partial charge in [-0.2, -0.15) is 10.1 Å². The maximum absolute atomic E-state index is 12.6. The summed E-state index contributed by atoms with van der Waals surface area (Å²) in [4.78, 5) is 23.6. The molecular formula is C21H28N6O3. The van der Waals surface area contributed by atoms with E-state index in [-0.39, 0.29) is 11.9 Å². The second kappa shape index (κ2) is 8.93. The summed E-state index contributed by atoms with van der Waals surface area (Å²) < 4.78 is 13.1. The van der Waals surface area contributed by atoms with E-state index in [0.717, 1.165) is 41.6 Å². The molecule has 1 N–H and O–H groups in total. The number of rotatable bonds is 7. The molecule has 1 amide bonds. The van der Waals surface area contributed by atoms with Gasteiger partial charge in [0.05, 0.1) is 19.3 Å². The van der Waals surface area contributed by atoms with Crippen LogP contribution in [0, 0.1) is 20.8 Å². The number of carbonyl (C=O) groups is 1. The van der Waals surface area contributed by atoms with Gasteiger partial charge in [-0.1, -0.05) is 0 Å². The van der Waals surface area contributed by atoms with Crippen LogP contribution in [0.2, 0.25) is 0 Å². The fourth-order valence-corrected chi connectivity index (χ4v) is 3.99. The summed E-state index contributed by atoms with van der Waals surface area (Å²) in [6, 6.07) is 3.96. The monoisotopic (exact) mass is 412 g/mol. The normalized spacial score (nSPS) is 16.1. The van der Waals surface area contributed by atoms with Crippen molar-refractivity contribution in [2.24, 2.45) is 0 Å². The van der Waals surface area contributed by atoms with Gasteiger partial charge in [0.1, 0.15) is 17.8 Å². The van der Waals surface area contributed by atoms with Gasteiger partial charge in [0.15, 0.2) is 0 Å². The molecule has 0 radical (unpaired) electrons. The number of fused-ring (bicyclic) bond motifs is 1. The van der Waals surface area contributed by atoms with Gasteiger partial charge in [-0.3, -0.25) is 9.69 Å². The molecule has 30 heavy (non-hydrogen) atoms. The summed E-state index contributed by atoms with van der Waals surface area (Å²) in [5.74, 6) is 2.34. The highest BCUT2D eigenvalue weighted by molar-refractivity contribution is 5.76. The van der Waals surface area contributed by atoms with E-state index >= 15 is 0 Å². The SMILES string of the molecule is Cc1ccc(C(CNC(=O)CCc2c(C)nc3ncnn3c2C)N2CCOCC2)o1.